The largest absolute Gasteiger partial charge is 0.508 e. The van der Waals surface area contributed by atoms with Gasteiger partial charge in [-0.15, -0.1) is 0 Å². The lowest BCUT2D eigenvalue weighted by Crippen LogP contribution is -2.26. The fraction of sp³-hybridized carbons (Fsp3) is 0.409. The van der Waals surface area contributed by atoms with Crippen molar-refractivity contribution < 1.29 is 19.4 Å². The van der Waals surface area contributed by atoms with E-state index in [0.717, 1.165) is 41.0 Å². The molecule has 3 rings (SSSR count). The normalized spacial score (nSPS) is 16.6. The van der Waals surface area contributed by atoms with Crippen LogP contribution in [-0.4, -0.2) is 23.7 Å². The highest BCUT2D eigenvalue weighted by Crippen LogP contribution is 2.35. The lowest BCUT2D eigenvalue weighted by Gasteiger charge is -2.17. The molecule has 1 atom stereocenters. The Hall–Kier alpha value is -2.53. The number of hydrogen-bond donors (Lipinski definition) is 2. The van der Waals surface area contributed by atoms with Crippen LogP contribution in [0.2, 0.25) is 0 Å². The van der Waals surface area contributed by atoms with Gasteiger partial charge in [-0.25, -0.2) is 0 Å². The van der Waals surface area contributed by atoms with Crippen LogP contribution in [0.15, 0.2) is 30.3 Å². The van der Waals surface area contributed by atoms with Crippen molar-refractivity contribution in [2.24, 2.45) is 0 Å². The van der Waals surface area contributed by atoms with Crippen LogP contribution in [0, 0.1) is 13.8 Å². The minimum atomic E-state index is -0.354. The first kappa shape index (κ1) is 19.2. The maximum Gasteiger partial charge on any atom is 0.253 e. The number of amides is 1. The van der Waals surface area contributed by atoms with Crippen molar-refractivity contribution >= 4 is 11.6 Å². The number of benzene rings is 2. The second-order valence-corrected chi connectivity index (χ2v) is 7.41. The van der Waals surface area contributed by atoms with Crippen molar-refractivity contribution in [2.75, 3.05) is 11.9 Å². The fourth-order valence-corrected chi connectivity index (χ4v) is 3.37. The molecule has 2 aromatic carbocycles. The van der Waals surface area contributed by atoms with Crippen LogP contribution in [0.25, 0.3) is 0 Å². The van der Waals surface area contributed by atoms with Crippen LogP contribution in [0.3, 0.4) is 0 Å². The van der Waals surface area contributed by atoms with Crippen molar-refractivity contribution in [1.29, 1.82) is 0 Å². The number of rotatable bonds is 5. The van der Waals surface area contributed by atoms with Gasteiger partial charge in [0, 0.05) is 17.9 Å². The van der Waals surface area contributed by atoms with Crippen LogP contribution in [-0.2, 0) is 9.53 Å². The third-order valence-corrected chi connectivity index (χ3v) is 4.79. The van der Waals surface area contributed by atoms with E-state index in [-0.39, 0.29) is 23.7 Å². The predicted molar refractivity (Wildman–Crippen MR) is 106 cm³/mol. The third kappa shape index (κ3) is 4.42. The number of hydrogen-bond acceptors (Lipinski definition) is 4. The highest BCUT2D eigenvalue weighted by atomic mass is 16.5. The molecule has 0 spiro atoms. The monoisotopic (exact) mass is 369 g/mol. The van der Waals surface area contributed by atoms with Crippen molar-refractivity contribution in [3.8, 4) is 17.2 Å². The average molecular weight is 369 g/mol. The molecule has 0 radical (unpaired) electrons. The number of carbonyl (C=O) groups is 1. The van der Waals surface area contributed by atoms with E-state index in [4.69, 9.17) is 9.47 Å². The molecule has 1 unspecified atom stereocenters. The van der Waals surface area contributed by atoms with E-state index in [9.17, 15) is 9.90 Å². The molecular weight excluding hydrogens is 342 g/mol. The van der Waals surface area contributed by atoms with Crippen LogP contribution in [0.4, 0.5) is 5.69 Å². The molecule has 1 aliphatic rings. The van der Waals surface area contributed by atoms with Crippen LogP contribution >= 0.6 is 0 Å². The van der Waals surface area contributed by atoms with Gasteiger partial charge >= 0.3 is 0 Å². The first-order valence-corrected chi connectivity index (χ1v) is 9.39. The van der Waals surface area contributed by atoms with Gasteiger partial charge in [-0.05, 0) is 74.1 Å². The zero-order valence-corrected chi connectivity index (χ0v) is 16.3. The maximum absolute atomic E-state index is 12.3. The van der Waals surface area contributed by atoms with Crippen molar-refractivity contribution in [3.05, 3.63) is 47.0 Å². The van der Waals surface area contributed by atoms with Gasteiger partial charge in [-0.3, -0.25) is 4.79 Å². The zero-order valence-electron chi connectivity index (χ0n) is 16.3. The van der Waals surface area contributed by atoms with E-state index < -0.39 is 0 Å². The first-order valence-electron chi connectivity index (χ1n) is 9.39. The molecule has 0 bridgehead atoms. The highest BCUT2D eigenvalue weighted by molar-refractivity contribution is 5.94. The average Bonchev–Trinajstić information content (AvgIpc) is 3.14. The van der Waals surface area contributed by atoms with Crippen molar-refractivity contribution in [1.82, 2.24) is 0 Å². The Bertz CT molecular complexity index is 815. The zero-order chi connectivity index (χ0) is 19.6. The molecule has 2 aromatic rings. The molecule has 144 valence electrons. The molecule has 5 nitrogen and oxygen atoms in total. The Labute approximate surface area is 160 Å². The number of nitrogens with one attached hydrogen (secondary N) is 1. The number of aromatic hydroxyl groups is 1. The van der Waals surface area contributed by atoms with Gasteiger partial charge in [0.1, 0.15) is 23.4 Å². The van der Waals surface area contributed by atoms with Crippen molar-refractivity contribution in [3.63, 3.8) is 0 Å². The molecule has 0 aliphatic carbocycles. The quantitative estimate of drug-likeness (QED) is 0.774. The third-order valence-electron chi connectivity index (χ3n) is 4.79. The van der Waals surface area contributed by atoms with E-state index in [1.807, 2.05) is 45.9 Å². The standard InChI is InChI=1S/C22H27NO4/c1-13(2)18-12-17(7-8-19(18)24)27-21-14(3)10-16(11-15(21)4)23-22(25)20-6-5-9-26-20/h7-8,10-13,20,24H,5-6,9H2,1-4H3,(H,23,25). The number of phenols is 1. The highest BCUT2D eigenvalue weighted by Gasteiger charge is 2.24. The number of phenolic OH excluding ortho intramolecular Hbond substituents is 1. The van der Waals surface area contributed by atoms with Gasteiger partial charge in [0.2, 0.25) is 0 Å². The minimum absolute atomic E-state index is 0.0971. The molecular formula is C22H27NO4. The summed E-state index contributed by atoms with van der Waals surface area (Å²) in [6.07, 6.45) is 1.34. The molecule has 27 heavy (non-hydrogen) atoms. The maximum atomic E-state index is 12.3. The molecule has 1 fully saturated rings. The van der Waals surface area contributed by atoms with Crippen molar-refractivity contribution in [2.45, 2.75) is 52.6 Å². The molecule has 5 heteroatoms. The Morgan fingerprint density at radius 3 is 2.52 bits per heavy atom. The molecule has 1 saturated heterocycles. The SMILES string of the molecule is Cc1cc(NC(=O)C2CCCO2)cc(C)c1Oc1ccc(O)c(C(C)C)c1. The van der Waals surface area contributed by atoms with E-state index in [2.05, 4.69) is 5.32 Å². The molecule has 0 aromatic heterocycles. The van der Waals surface area contributed by atoms with Gasteiger partial charge < -0.3 is 19.9 Å². The summed E-state index contributed by atoms with van der Waals surface area (Å²) in [5.41, 5.74) is 3.45. The van der Waals surface area contributed by atoms with Gasteiger partial charge in [-0.2, -0.15) is 0 Å². The summed E-state index contributed by atoms with van der Waals surface area (Å²) in [6, 6.07) is 9.09. The molecule has 1 aliphatic heterocycles. The van der Waals surface area contributed by atoms with Crippen LogP contribution < -0.4 is 10.1 Å². The fourth-order valence-electron chi connectivity index (χ4n) is 3.37. The van der Waals surface area contributed by atoms with Gasteiger partial charge in [0.25, 0.3) is 5.91 Å². The Kier molecular flexibility index (Phi) is 5.71. The Balaban J connectivity index is 1.79. The van der Waals surface area contributed by atoms with Gasteiger partial charge in [0.05, 0.1) is 0 Å². The van der Waals surface area contributed by atoms with E-state index in [1.54, 1.807) is 12.1 Å². The summed E-state index contributed by atoms with van der Waals surface area (Å²) in [6.45, 7) is 8.61. The van der Waals surface area contributed by atoms with Crippen LogP contribution in [0.1, 0.15) is 49.3 Å². The van der Waals surface area contributed by atoms with E-state index >= 15 is 0 Å². The topological polar surface area (TPSA) is 67.8 Å². The summed E-state index contributed by atoms with van der Waals surface area (Å²) in [4.78, 5) is 12.3. The summed E-state index contributed by atoms with van der Waals surface area (Å²) in [7, 11) is 0. The number of aryl methyl sites for hydroxylation is 2. The summed E-state index contributed by atoms with van der Waals surface area (Å²) < 4.78 is 11.5. The van der Waals surface area contributed by atoms with Gasteiger partial charge in [0.15, 0.2) is 0 Å². The van der Waals surface area contributed by atoms with Gasteiger partial charge in [-0.1, -0.05) is 13.8 Å². The lowest BCUT2D eigenvalue weighted by molar-refractivity contribution is -0.124. The minimum Gasteiger partial charge on any atom is -0.508 e. The summed E-state index contributed by atoms with van der Waals surface area (Å²) in [5.74, 6) is 1.81. The molecule has 1 heterocycles. The smallest absolute Gasteiger partial charge is 0.253 e. The first-order chi connectivity index (χ1) is 12.8. The van der Waals surface area contributed by atoms with Crippen LogP contribution in [0.5, 0.6) is 17.2 Å². The number of carbonyl (C=O) groups excluding carboxylic acids is 1. The Morgan fingerprint density at radius 2 is 1.93 bits per heavy atom. The molecule has 0 saturated carbocycles. The predicted octanol–water partition coefficient (Wildman–Crippen LogP) is 5.04. The number of ether oxygens (including phenoxy) is 2. The Morgan fingerprint density at radius 1 is 1.22 bits per heavy atom. The summed E-state index contributed by atoms with van der Waals surface area (Å²) in [5, 5.41) is 12.9. The van der Waals surface area contributed by atoms with E-state index in [1.165, 1.54) is 0 Å². The second-order valence-electron chi connectivity index (χ2n) is 7.41. The summed E-state index contributed by atoms with van der Waals surface area (Å²) >= 11 is 0. The second kappa shape index (κ2) is 8.01. The lowest BCUT2D eigenvalue weighted by atomic mass is 10.0. The molecule has 1 amide bonds. The van der Waals surface area contributed by atoms with E-state index in [0.29, 0.717) is 12.4 Å². The number of anilines is 1. The molecule has 2 N–H and O–H groups in total.